The molecule has 0 aromatic heterocycles. The molecular weight excluding hydrogens is 306 g/mol. The van der Waals surface area contributed by atoms with Crippen LogP contribution in [0.25, 0.3) is 0 Å². The molecule has 1 atom stereocenters. The zero-order chi connectivity index (χ0) is 16.2. The summed E-state index contributed by atoms with van der Waals surface area (Å²) in [5.74, 6) is 1.02. The first kappa shape index (κ1) is 17.5. The van der Waals surface area contributed by atoms with E-state index in [1.807, 2.05) is 4.90 Å². The van der Waals surface area contributed by atoms with Crippen molar-refractivity contribution in [2.75, 3.05) is 52.7 Å². The number of carbonyl (C=O) groups excluding carboxylic acids is 1. The summed E-state index contributed by atoms with van der Waals surface area (Å²) in [5, 5.41) is 2.85. The van der Waals surface area contributed by atoms with E-state index in [1.54, 1.807) is 11.4 Å². The number of amides is 2. The van der Waals surface area contributed by atoms with E-state index in [9.17, 15) is 13.2 Å². The monoisotopic (exact) mass is 333 g/mol. The number of hydrogen-bond donors (Lipinski definition) is 1. The molecule has 2 saturated heterocycles. The molecule has 0 bridgehead atoms. The maximum absolute atomic E-state index is 12.0. The van der Waals surface area contributed by atoms with E-state index in [0.717, 1.165) is 32.4 Å². The van der Waals surface area contributed by atoms with Gasteiger partial charge in [0, 0.05) is 39.8 Å². The molecule has 0 aromatic rings. The van der Waals surface area contributed by atoms with Crippen molar-refractivity contribution in [3.8, 4) is 0 Å². The first-order valence-electron chi connectivity index (χ1n) is 7.88. The Morgan fingerprint density at radius 3 is 2.41 bits per heavy atom. The standard InChI is InChI=1S/C14H27N3O4S/c1-21-10-6-15-14(18)16-7-3-13(11-16)12-4-8-17(9-5-12)22(2,19)20/h12-13H,3-11H2,1-2H3,(H,15,18). The number of nitrogens with zero attached hydrogens (tertiary/aromatic N) is 2. The minimum Gasteiger partial charge on any atom is -0.383 e. The molecule has 1 unspecified atom stereocenters. The van der Waals surface area contributed by atoms with Crippen molar-refractivity contribution in [3.63, 3.8) is 0 Å². The van der Waals surface area contributed by atoms with E-state index in [1.165, 1.54) is 6.26 Å². The molecule has 0 radical (unpaired) electrons. The molecule has 8 heteroatoms. The minimum absolute atomic E-state index is 0.0203. The molecule has 1 N–H and O–H groups in total. The number of likely N-dealkylation sites (tertiary alicyclic amines) is 1. The molecule has 2 rings (SSSR count). The van der Waals surface area contributed by atoms with Gasteiger partial charge in [-0.2, -0.15) is 0 Å². The fraction of sp³-hybridized carbons (Fsp3) is 0.929. The van der Waals surface area contributed by atoms with Crippen LogP contribution >= 0.6 is 0 Å². The molecule has 2 aliphatic rings. The predicted octanol–water partition coefficient (Wildman–Crippen LogP) is 0.336. The average molecular weight is 333 g/mol. The van der Waals surface area contributed by atoms with Crippen LogP contribution in [0.3, 0.4) is 0 Å². The Bertz CT molecular complexity index is 474. The van der Waals surface area contributed by atoms with Gasteiger partial charge in [0.25, 0.3) is 0 Å². The summed E-state index contributed by atoms with van der Waals surface area (Å²) in [7, 11) is -1.45. The van der Waals surface area contributed by atoms with Crippen molar-refractivity contribution in [2.24, 2.45) is 11.8 Å². The van der Waals surface area contributed by atoms with Crippen LogP contribution in [0.2, 0.25) is 0 Å². The number of ether oxygens (including phenoxy) is 1. The Labute approximate surface area is 133 Å². The van der Waals surface area contributed by atoms with Gasteiger partial charge >= 0.3 is 6.03 Å². The van der Waals surface area contributed by atoms with Crippen LogP contribution in [0.1, 0.15) is 19.3 Å². The van der Waals surface area contributed by atoms with E-state index < -0.39 is 10.0 Å². The molecule has 0 aliphatic carbocycles. The SMILES string of the molecule is COCCNC(=O)N1CCC(C2CCN(S(C)(=O)=O)CC2)C1. The largest absolute Gasteiger partial charge is 0.383 e. The molecule has 0 spiro atoms. The Kier molecular flexibility index (Phi) is 6.05. The Morgan fingerprint density at radius 1 is 1.18 bits per heavy atom. The Hall–Kier alpha value is -0.860. The molecule has 2 amide bonds. The maximum atomic E-state index is 12.0. The number of urea groups is 1. The Morgan fingerprint density at radius 2 is 1.82 bits per heavy atom. The quantitative estimate of drug-likeness (QED) is 0.736. The molecule has 2 heterocycles. The number of piperidine rings is 1. The van der Waals surface area contributed by atoms with Crippen LogP contribution in [0, 0.1) is 11.8 Å². The lowest BCUT2D eigenvalue weighted by atomic mass is 9.84. The number of sulfonamides is 1. The van der Waals surface area contributed by atoms with Crippen molar-refractivity contribution in [2.45, 2.75) is 19.3 Å². The number of methoxy groups -OCH3 is 1. The van der Waals surface area contributed by atoms with Crippen LogP contribution in [0.4, 0.5) is 4.79 Å². The van der Waals surface area contributed by atoms with Crippen LogP contribution in [-0.2, 0) is 14.8 Å². The highest BCUT2D eigenvalue weighted by Gasteiger charge is 2.35. The number of carbonyl (C=O) groups is 1. The van der Waals surface area contributed by atoms with Gasteiger partial charge in [0.1, 0.15) is 0 Å². The lowest BCUT2D eigenvalue weighted by Crippen LogP contribution is -2.42. The second-order valence-electron chi connectivity index (χ2n) is 6.22. The highest BCUT2D eigenvalue weighted by atomic mass is 32.2. The topological polar surface area (TPSA) is 79.0 Å². The number of rotatable bonds is 5. The molecule has 22 heavy (non-hydrogen) atoms. The molecule has 0 aromatic carbocycles. The molecular formula is C14H27N3O4S. The van der Waals surface area contributed by atoms with E-state index in [-0.39, 0.29) is 6.03 Å². The van der Waals surface area contributed by atoms with Gasteiger partial charge in [0.05, 0.1) is 12.9 Å². The normalized spacial score (nSPS) is 24.6. The third-order valence-electron chi connectivity index (χ3n) is 4.73. The van der Waals surface area contributed by atoms with Crippen LogP contribution in [0.5, 0.6) is 0 Å². The zero-order valence-electron chi connectivity index (χ0n) is 13.5. The highest BCUT2D eigenvalue weighted by molar-refractivity contribution is 7.88. The van der Waals surface area contributed by atoms with Gasteiger partial charge in [-0.15, -0.1) is 0 Å². The van der Waals surface area contributed by atoms with Crippen molar-refractivity contribution in [1.29, 1.82) is 0 Å². The van der Waals surface area contributed by atoms with Crippen molar-refractivity contribution in [1.82, 2.24) is 14.5 Å². The van der Waals surface area contributed by atoms with Gasteiger partial charge in [0.15, 0.2) is 0 Å². The van der Waals surface area contributed by atoms with Gasteiger partial charge in [-0.3, -0.25) is 0 Å². The first-order chi connectivity index (χ1) is 10.4. The second-order valence-corrected chi connectivity index (χ2v) is 8.20. The van der Waals surface area contributed by atoms with Crippen molar-refractivity contribution < 1.29 is 17.9 Å². The number of hydrogen-bond acceptors (Lipinski definition) is 4. The zero-order valence-corrected chi connectivity index (χ0v) is 14.3. The van der Waals surface area contributed by atoms with Gasteiger partial charge in [-0.05, 0) is 31.1 Å². The summed E-state index contributed by atoms with van der Waals surface area (Å²) in [5.41, 5.74) is 0. The summed E-state index contributed by atoms with van der Waals surface area (Å²) in [4.78, 5) is 13.9. The van der Waals surface area contributed by atoms with Crippen LogP contribution in [0.15, 0.2) is 0 Å². The third kappa shape index (κ3) is 4.57. The summed E-state index contributed by atoms with van der Waals surface area (Å²) >= 11 is 0. The summed E-state index contributed by atoms with van der Waals surface area (Å²) < 4.78 is 29.6. The molecule has 2 fully saturated rings. The van der Waals surface area contributed by atoms with Crippen LogP contribution < -0.4 is 5.32 Å². The lowest BCUT2D eigenvalue weighted by molar-refractivity contribution is 0.179. The molecule has 7 nitrogen and oxygen atoms in total. The fourth-order valence-corrected chi connectivity index (χ4v) is 4.28. The van der Waals surface area contributed by atoms with Crippen molar-refractivity contribution in [3.05, 3.63) is 0 Å². The van der Waals surface area contributed by atoms with Gasteiger partial charge in [-0.1, -0.05) is 0 Å². The first-order valence-corrected chi connectivity index (χ1v) is 9.73. The van der Waals surface area contributed by atoms with Gasteiger partial charge in [0.2, 0.25) is 10.0 Å². The second kappa shape index (κ2) is 7.61. The smallest absolute Gasteiger partial charge is 0.317 e. The highest BCUT2D eigenvalue weighted by Crippen LogP contribution is 2.32. The molecule has 2 aliphatic heterocycles. The summed E-state index contributed by atoms with van der Waals surface area (Å²) in [6, 6.07) is -0.0203. The maximum Gasteiger partial charge on any atom is 0.317 e. The van der Waals surface area contributed by atoms with E-state index >= 15 is 0 Å². The summed E-state index contributed by atoms with van der Waals surface area (Å²) in [6.07, 6.45) is 4.09. The van der Waals surface area contributed by atoms with E-state index in [0.29, 0.717) is 38.1 Å². The van der Waals surface area contributed by atoms with E-state index in [2.05, 4.69) is 5.32 Å². The lowest BCUT2D eigenvalue weighted by Gasteiger charge is -2.33. The molecule has 128 valence electrons. The van der Waals surface area contributed by atoms with E-state index in [4.69, 9.17) is 4.74 Å². The average Bonchev–Trinajstić information content (AvgIpc) is 2.96. The molecule has 0 saturated carbocycles. The number of nitrogens with one attached hydrogen (secondary N) is 1. The van der Waals surface area contributed by atoms with Gasteiger partial charge in [-0.25, -0.2) is 17.5 Å². The summed E-state index contributed by atoms with van der Waals surface area (Å²) in [6.45, 7) is 3.84. The fourth-order valence-electron chi connectivity index (χ4n) is 3.41. The minimum atomic E-state index is -3.06. The Balaban J connectivity index is 1.76. The third-order valence-corrected chi connectivity index (χ3v) is 6.03. The van der Waals surface area contributed by atoms with Crippen LogP contribution in [-0.4, -0.2) is 76.4 Å². The van der Waals surface area contributed by atoms with Gasteiger partial charge < -0.3 is 15.0 Å². The van der Waals surface area contributed by atoms with Crippen molar-refractivity contribution >= 4 is 16.1 Å². The predicted molar refractivity (Wildman–Crippen MR) is 84.1 cm³/mol.